The maximum Gasteiger partial charge on any atom is 0.0494 e. The predicted octanol–water partition coefficient (Wildman–Crippen LogP) is 2.19. The topological polar surface area (TPSA) is 21.3 Å². The molecule has 1 N–H and O–H groups in total. The van der Waals surface area contributed by atoms with Crippen LogP contribution in [0.2, 0.25) is 0 Å². The van der Waals surface area contributed by atoms with Crippen LogP contribution >= 0.6 is 0 Å². The molecule has 0 atom stereocenters. The van der Waals surface area contributed by atoms with E-state index in [2.05, 4.69) is 26.1 Å². The zero-order valence-corrected chi connectivity index (χ0v) is 9.23. The van der Waals surface area contributed by atoms with Crippen molar-refractivity contribution in [3.05, 3.63) is 0 Å². The maximum absolute atomic E-state index is 5.53. The van der Waals surface area contributed by atoms with Gasteiger partial charge in [-0.3, -0.25) is 0 Å². The highest BCUT2D eigenvalue weighted by molar-refractivity contribution is 4.72. The summed E-state index contributed by atoms with van der Waals surface area (Å²) in [4.78, 5) is 0. The Kier molecular flexibility index (Phi) is 4.20. The Labute approximate surface area is 82.0 Å². The van der Waals surface area contributed by atoms with Crippen molar-refractivity contribution >= 4 is 0 Å². The Hall–Kier alpha value is -0.0800. The van der Waals surface area contributed by atoms with Crippen molar-refractivity contribution in [2.75, 3.05) is 19.8 Å². The molecule has 0 saturated heterocycles. The molecule has 2 nitrogen and oxygen atoms in total. The zero-order chi connectivity index (χ0) is 9.73. The molecule has 0 bridgehead atoms. The SMILES string of the molecule is CC(C)(C)NCCCOCC1CC1. The van der Waals surface area contributed by atoms with E-state index < -0.39 is 0 Å². The summed E-state index contributed by atoms with van der Waals surface area (Å²) in [7, 11) is 0. The lowest BCUT2D eigenvalue weighted by molar-refractivity contribution is 0.121. The molecule has 0 spiro atoms. The van der Waals surface area contributed by atoms with Gasteiger partial charge in [0.1, 0.15) is 0 Å². The molecule has 1 saturated carbocycles. The molecule has 0 aliphatic heterocycles. The molecule has 78 valence electrons. The monoisotopic (exact) mass is 185 g/mol. The molecular weight excluding hydrogens is 162 g/mol. The Balaban J connectivity index is 1.78. The standard InChI is InChI=1S/C11H23NO/c1-11(2,3)12-7-4-8-13-9-10-5-6-10/h10,12H,4-9H2,1-3H3. The van der Waals surface area contributed by atoms with Gasteiger partial charge in [-0.15, -0.1) is 0 Å². The average Bonchev–Trinajstić information content (AvgIpc) is 2.77. The van der Waals surface area contributed by atoms with Gasteiger partial charge in [-0.05, 0) is 52.5 Å². The van der Waals surface area contributed by atoms with Crippen molar-refractivity contribution in [2.45, 2.75) is 45.6 Å². The summed E-state index contributed by atoms with van der Waals surface area (Å²) in [5, 5.41) is 3.45. The van der Waals surface area contributed by atoms with Crippen LogP contribution in [-0.2, 0) is 4.74 Å². The molecule has 1 aliphatic carbocycles. The van der Waals surface area contributed by atoms with E-state index in [0.29, 0.717) is 0 Å². The van der Waals surface area contributed by atoms with E-state index in [1.807, 2.05) is 0 Å². The fourth-order valence-corrected chi connectivity index (χ4v) is 1.17. The molecule has 0 heterocycles. The predicted molar refractivity (Wildman–Crippen MR) is 55.9 cm³/mol. The normalized spacial score (nSPS) is 17.8. The second kappa shape index (κ2) is 4.97. The maximum atomic E-state index is 5.53. The van der Waals surface area contributed by atoms with Crippen LogP contribution in [0.5, 0.6) is 0 Å². The quantitative estimate of drug-likeness (QED) is 0.640. The fraction of sp³-hybridized carbons (Fsp3) is 1.00. The van der Waals surface area contributed by atoms with E-state index in [0.717, 1.165) is 32.1 Å². The molecule has 0 unspecified atom stereocenters. The first-order valence-electron chi connectivity index (χ1n) is 5.41. The van der Waals surface area contributed by atoms with Gasteiger partial charge < -0.3 is 10.1 Å². The average molecular weight is 185 g/mol. The lowest BCUT2D eigenvalue weighted by Crippen LogP contribution is -2.36. The smallest absolute Gasteiger partial charge is 0.0494 e. The Bertz CT molecular complexity index is 136. The molecule has 0 aromatic heterocycles. The largest absolute Gasteiger partial charge is 0.381 e. The van der Waals surface area contributed by atoms with Gasteiger partial charge in [0.15, 0.2) is 0 Å². The minimum atomic E-state index is 0.247. The minimum absolute atomic E-state index is 0.247. The Morgan fingerprint density at radius 1 is 1.31 bits per heavy atom. The Morgan fingerprint density at radius 2 is 2.00 bits per heavy atom. The van der Waals surface area contributed by atoms with Crippen LogP contribution in [0.1, 0.15) is 40.0 Å². The van der Waals surface area contributed by atoms with E-state index in [-0.39, 0.29) is 5.54 Å². The van der Waals surface area contributed by atoms with Gasteiger partial charge in [0.05, 0.1) is 0 Å². The van der Waals surface area contributed by atoms with Crippen LogP contribution < -0.4 is 5.32 Å². The van der Waals surface area contributed by atoms with Crippen LogP contribution in [-0.4, -0.2) is 25.3 Å². The van der Waals surface area contributed by atoms with Crippen LogP contribution in [0.4, 0.5) is 0 Å². The van der Waals surface area contributed by atoms with Crippen molar-refractivity contribution in [2.24, 2.45) is 5.92 Å². The van der Waals surface area contributed by atoms with Crippen molar-refractivity contribution in [1.29, 1.82) is 0 Å². The fourth-order valence-electron chi connectivity index (χ4n) is 1.17. The molecule has 1 fully saturated rings. The number of ether oxygens (including phenoxy) is 1. The number of hydrogen-bond acceptors (Lipinski definition) is 2. The summed E-state index contributed by atoms with van der Waals surface area (Å²) in [6.45, 7) is 9.55. The second-order valence-electron chi connectivity index (χ2n) is 5.05. The van der Waals surface area contributed by atoms with E-state index in [4.69, 9.17) is 4.74 Å². The number of rotatable bonds is 6. The summed E-state index contributed by atoms with van der Waals surface area (Å²) in [6.07, 6.45) is 3.91. The third kappa shape index (κ3) is 7.03. The third-order valence-corrected chi connectivity index (χ3v) is 2.17. The van der Waals surface area contributed by atoms with Gasteiger partial charge in [0.2, 0.25) is 0 Å². The minimum Gasteiger partial charge on any atom is -0.381 e. The molecule has 0 aromatic carbocycles. The Morgan fingerprint density at radius 3 is 2.54 bits per heavy atom. The number of nitrogens with one attached hydrogen (secondary N) is 1. The summed E-state index contributed by atoms with van der Waals surface area (Å²) < 4.78 is 5.53. The van der Waals surface area contributed by atoms with E-state index >= 15 is 0 Å². The van der Waals surface area contributed by atoms with Crippen molar-refractivity contribution in [3.8, 4) is 0 Å². The molecule has 2 heteroatoms. The van der Waals surface area contributed by atoms with Gasteiger partial charge in [-0.25, -0.2) is 0 Å². The number of hydrogen-bond donors (Lipinski definition) is 1. The molecule has 0 radical (unpaired) electrons. The first-order chi connectivity index (χ1) is 6.08. The van der Waals surface area contributed by atoms with Gasteiger partial charge in [-0.1, -0.05) is 0 Å². The van der Waals surface area contributed by atoms with Gasteiger partial charge in [-0.2, -0.15) is 0 Å². The second-order valence-corrected chi connectivity index (χ2v) is 5.05. The first-order valence-corrected chi connectivity index (χ1v) is 5.41. The molecule has 0 amide bonds. The van der Waals surface area contributed by atoms with Gasteiger partial charge in [0.25, 0.3) is 0 Å². The lowest BCUT2D eigenvalue weighted by atomic mass is 10.1. The molecule has 1 rings (SSSR count). The molecular formula is C11H23NO. The molecule has 1 aliphatic rings. The van der Waals surface area contributed by atoms with Crippen LogP contribution in [0.25, 0.3) is 0 Å². The lowest BCUT2D eigenvalue weighted by Gasteiger charge is -2.20. The highest BCUT2D eigenvalue weighted by atomic mass is 16.5. The van der Waals surface area contributed by atoms with Crippen molar-refractivity contribution in [1.82, 2.24) is 5.32 Å². The van der Waals surface area contributed by atoms with Crippen molar-refractivity contribution < 1.29 is 4.74 Å². The van der Waals surface area contributed by atoms with Crippen molar-refractivity contribution in [3.63, 3.8) is 0 Å². The highest BCUT2D eigenvalue weighted by Gasteiger charge is 2.20. The summed E-state index contributed by atoms with van der Waals surface area (Å²) in [6, 6.07) is 0. The van der Waals surface area contributed by atoms with Gasteiger partial charge >= 0.3 is 0 Å². The molecule has 13 heavy (non-hydrogen) atoms. The van der Waals surface area contributed by atoms with E-state index in [1.165, 1.54) is 12.8 Å². The van der Waals surface area contributed by atoms with Crippen LogP contribution in [0, 0.1) is 5.92 Å². The third-order valence-electron chi connectivity index (χ3n) is 2.17. The zero-order valence-electron chi connectivity index (χ0n) is 9.23. The van der Waals surface area contributed by atoms with Crippen LogP contribution in [0.3, 0.4) is 0 Å². The molecule has 0 aromatic rings. The highest BCUT2D eigenvalue weighted by Crippen LogP contribution is 2.28. The summed E-state index contributed by atoms with van der Waals surface area (Å²) >= 11 is 0. The van der Waals surface area contributed by atoms with Gasteiger partial charge in [0, 0.05) is 18.8 Å². The summed E-state index contributed by atoms with van der Waals surface area (Å²) in [5.74, 6) is 0.899. The van der Waals surface area contributed by atoms with Crippen LogP contribution in [0.15, 0.2) is 0 Å². The van der Waals surface area contributed by atoms with E-state index in [1.54, 1.807) is 0 Å². The first kappa shape index (κ1) is 11.0. The summed E-state index contributed by atoms with van der Waals surface area (Å²) in [5.41, 5.74) is 0.247. The van der Waals surface area contributed by atoms with E-state index in [9.17, 15) is 0 Å².